The molecule has 14 rings (SSSR count). The van der Waals surface area contributed by atoms with Gasteiger partial charge in [-0.05, 0) is 155 Å². The van der Waals surface area contributed by atoms with E-state index in [1.165, 1.54) is 49.3 Å². The van der Waals surface area contributed by atoms with E-state index in [0.29, 0.717) is 53.7 Å². The molecule has 22 heteroatoms. The second kappa shape index (κ2) is 37.5. The number of dihydropyridines is 2. The van der Waals surface area contributed by atoms with E-state index in [4.69, 9.17) is 25.8 Å². The highest BCUT2D eigenvalue weighted by Crippen LogP contribution is 2.30. The minimum absolute atomic E-state index is 0. The van der Waals surface area contributed by atoms with Crippen LogP contribution < -0.4 is 19.8 Å². The van der Waals surface area contributed by atoms with Crippen LogP contribution in [0.15, 0.2) is 154 Å². The van der Waals surface area contributed by atoms with Crippen molar-refractivity contribution in [2.24, 2.45) is 15.0 Å². The zero-order valence-corrected chi connectivity index (χ0v) is 54.7. The van der Waals surface area contributed by atoms with Gasteiger partial charge in [0.1, 0.15) is 36.6 Å². The highest BCUT2D eigenvalue weighted by molar-refractivity contribution is 14.1. The lowest BCUT2D eigenvalue weighted by Gasteiger charge is -2.41. The van der Waals surface area contributed by atoms with Gasteiger partial charge in [0.2, 0.25) is 17.6 Å². The van der Waals surface area contributed by atoms with Gasteiger partial charge in [-0.1, -0.05) is 75.4 Å². The fraction of sp³-hybridized carbons (Fsp3) is 0.458. The summed E-state index contributed by atoms with van der Waals surface area (Å²) in [6.07, 6.45) is 31.8. The van der Waals surface area contributed by atoms with Crippen LogP contribution in [0.5, 0.6) is 17.6 Å². The molecule has 0 radical (unpaired) electrons. The van der Waals surface area contributed by atoms with E-state index < -0.39 is 0 Å². The van der Waals surface area contributed by atoms with Gasteiger partial charge in [-0.2, -0.15) is 9.78 Å². The first-order chi connectivity index (χ1) is 44.5. The maximum absolute atomic E-state index is 12.2. The van der Waals surface area contributed by atoms with Gasteiger partial charge in [0.25, 0.3) is 5.56 Å². The molecule has 8 aliphatic rings. The molecule has 0 amide bonds. The lowest BCUT2D eigenvalue weighted by atomic mass is 9.90. The van der Waals surface area contributed by atoms with Crippen molar-refractivity contribution in [2.45, 2.75) is 143 Å². The van der Waals surface area contributed by atoms with Crippen molar-refractivity contribution in [2.75, 3.05) is 70.9 Å². The number of pyridine rings is 5. The number of nitrogens with zero attached hydrogens (tertiary/aromatic N) is 13. The molecule has 0 aromatic carbocycles. The van der Waals surface area contributed by atoms with E-state index >= 15 is 0 Å². The number of alkyl halides is 1. The number of ketones is 3. The van der Waals surface area contributed by atoms with Crippen LogP contribution in [0.1, 0.15) is 129 Å². The van der Waals surface area contributed by atoms with Gasteiger partial charge in [-0.15, -0.1) is 0 Å². The van der Waals surface area contributed by atoms with Crippen molar-refractivity contribution in [3.05, 3.63) is 166 Å². The molecule has 3 saturated heterocycles. The third kappa shape index (κ3) is 21.5. The molecule has 94 heavy (non-hydrogen) atoms. The Bertz CT molecular complexity index is 3580. The fourth-order valence-electron chi connectivity index (χ4n) is 11.5. The van der Waals surface area contributed by atoms with Crippen LogP contribution in [0.4, 0.5) is 0 Å². The van der Waals surface area contributed by atoms with Crippen molar-refractivity contribution in [1.29, 1.82) is 0 Å². The maximum atomic E-state index is 12.2. The van der Waals surface area contributed by atoms with Crippen molar-refractivity contribution in [3.8, 4) is 34.7 Å². The molecule has 6 aromatic rings. The molecule has 2 aliphatic carbocycles. The molecule has 0 bridgehead atoms. The first-order valence-electron chi connectivity index (χ1n) is 31.6. The van der Waals surface area contributed by atoms with Gasteiger partial charge in [0.15, 0.2) is 23.2 Å². The van der Waals surface area contributed by atoms with Gasteiger partial charge >= 0.3 is 0 Å². The first kappa shape index (κ1) is 73.8. The van der Waals surface area contributed by atoms with E-state index in [9.17, 15) is 19.2 Å². The van der Waals surface area contributed by atoms with E-state index in [1.807, 2.05) is 53.5 Å². The summed E-state index contributed by atoms with van der Waals surface area (Å²) >= 11 is 7.82. The Morgan fingerprint density at radius 1 is 0.479 bits per heavy atom. The summed E-state index contributed by atoms with van der Waals surface area (Å²) < 4.78 is 19.4. The van der Waals surface area contributed by atoms with E-state index in [-0.39, 0.29) is 76.6 Å². The van der Waals surface area contributed by atoms with E-state index in [2.05, 4.69) is 89.3 Å². The number of hydrogen-bond acceptors (Lipinski definition) is 19. The molecule has 6 aliphatic heterocycles. The van der Waals surface area contributed by atoms with Crippen molar-refractivity contribution >= 4 is 68.7 Å². The number of rotatable bonds is 13. The van der Waals surface area contributed by atoms with Crippen LogP contribution in [0.25, 0.3) is 17.1 Å². The second-order valence-corrected chi connectivity index (χ2v) is 23.9. The average Bonchev–Trinajstić information content (AvgIpc) is 1.34. The SMILES string of the molecule is C.C.C.CI.CN1CCC(Oc2ccc(C3=NCC(=O)C=C3)cn2)CC1.O=C1C=CC(c2ccc(OC3CCN(C4CCC4)CC3)nc2)=NC1.O=C1CCC(c2ccc(Cl)nc2)=NC1.O=c1ccc(-c2ccc(OC3CCN(C4CCC4)CC3)nc2)nn1-c1ccccn1. The zero-order valence-electron chi connectivity index (χ0n) is 51.8. The molecule has 2 saturated carbocycles. The van der Waals surface area contributed by atoms with E-state index in [0.717, 1.165) is 129 Å². The van der Waals surface area contributed by atoms with Crippen LogP contribution in [-0.2, 0) is 14.4 Å². The number of carbonyl (C=O) groups excluding carboxylic acids is 3. The number of allylic oxidation sites excluding steroid dienone is 2. The minimum atomic E-state index is -0.224. The van der Waals surface area contributed by atoms with Crippen LogP contribution in [0.3, 0.4) is 0 Å². The minimum Gasteiger partial charge on any atom is -0.474 e. The monoisotopic (exact) mass is 1410 g/mol. The molecule has 6 aromatic heterocycles. The normalized spacial score (nSPS) is 18.8. The molecule has 0 atom stereocenters. The average molecular weight is 1410 g/mol. The van der Waals surface area contributed by atoms with Crippen molar-refractivity contribution < 1.29 is 28.6 Å². The molecular formula is C72H91ClIN13O7. The molecule has 5 fully saturated rings. The fourth-order valence-corrected chi connectivity index (χ4v) is 11.6. The van der Waals surface area contributed by atoms with Crippen molar-refractivity contribution in [1.82, 2.24) is 49.4 Å². The van der Waals surface area contributed by atoms with Gasteiger partial charge in [0.05, 0.1) is 23.7 Å². The topological polar surface area (TPSA) is 225 Å². The van der Waals surface area contributed by atoms with E-state index in [1.54, 1.807) is 79.6 Å². The molecule has 12 heterocycles. The number of likely N-dealkylation sites (tertiary alicyclic amines) is 3. The second-order valence-electron chi connectivity index (χ2n) is 23.5. The van der Waals surface area contributed by atoms with Crippen LogP contribution in [-0.4, -0.2) is 185 Å². The number of halogens is 2. The predicted octanol–water partition coefficient (Wildman–Crippen LogP) is 11.8. The molecule has 0 unspecified atom stereocenters. The number of hydrogen-bond donors (Lipinski definition) is 0. The van der Waals surface area contributed by atoms with Gasteiger partial charge < -0.3 is 28.9 Å². The van der Waals surface area contributed by atoms with Gasteiger partial charge in [-0.3, -0.25) is 34.2 Å². The Balaban J connectivity index is 0.000000179. The maximum Gasteiger partial charge on any atom is 0.272 e. The number of aliphatic imine (C=N–C) groups is 3. The largest absolute Gasteiger partial charge is 0.474 e. The Hall–Kier alpha value is -7.57. The smallest absolute Gasteiger partial charge is 0.272 e. The third-order valence-electron chi connectivity index (χ3n) is 17.2. The Labute approximate surface area is 572 Å². The Morgan fingerprint density at radius 2 is 0.957 bits per heavy atom. The number of ether oxygens (including phenoxy) is 3. The zero-order chi connectivity index (χ0) is 63.3. The van der Waals surface area contributed by atoms with Gasteiger partial charge in [-0.25, -0.2) is 24.9 Å². The Morgan fingerprint density at radius 3 is 1.35 bits per heavy atom. The molecule has 0 N–H and O–H groups in total. The molecule has 20 nitrogen and oxygen atoms in total. The first-order valence-corrected chi connectivity index (χ1v) is 34.2. The summed E-state index contributed by atoms with van der Waals surface area (Å²) in [5.74, 6) is 2.75. The summed E-state index contributed by atoms with van der Waals surface area (Å²) in [6.45, 7) is 7.41. The number of Topliss-reactive ketones (excluding diaryl/α,β-unsaturated/α-hetero) is 1. The summed E-state index contributed by atoms with van der Waals surface area (Å²) in [5, 5.41) is 4.93. The summed E-state index contributed by atoms with van der Waals surface area (Å²) in [6, 6.07) is 25.3. The predicted molar refractivity (Wildman–Crippen MR) is 382 cm³/mol. The lowest BCUT2D eigenvalue weighted by molar-refractivity contribution is -0.118. The summed E-state index contributed by atoms with van der Waals surface area (Å²) in [5.41, 5.74) is 6.62. The van der Waals surface area contributed by atoms with Crippen LogP contribution >= 0.6 is 34.2 Å². The quantitative estimate of drug-likeness (QED) is 0.0595. The summed E-state index contributed by atoms with van der Waals surface area (Å²) in [7, 11) is 2.13. The van der Waals surface area contributed by atoms with Gasteiger partial charge in [0, 0.05) is 141 Å². The molecule has 500 valence electrons. The molecule has 0 spiro atoms. The summed E-state index contributed by atoms with van der Waals surface area (Å²) in [4.78, 5) is 89.0. The Kier molecular flexibility index (Phi) is 29.5. The number of aromatic nitrogens is 7. The third-order valence-corrected chi connectivity index (χ3v) is 17.5. The van der Waals surface area contributed by atoms with Crippen molar-refractivity contribution in [3.63, 3.8) is 0 Å². The highest BCUT2D eigenvalue weighted by atomic mass is 127. The lowest BCUT2D eigenvalue weighted by Crippen LogP contribution is -2.46. The number of piperidine rings is 3. The van der Waals surface area contributed by atoms with Crippen LogP contribution in [0, 0.1) is 0 Å². The highest BCUT2D eigenvalue weighted by Gasteiger charge is 2.31. The molecular weight excluding hydrogens is 1320 g/mol. The standard InChI is InChI=1S/C23H25N5O2.C19H23N3O2.C16H19N3O2.C10H9ClN2O.CH3I.3CH4/c29-23-10-8-20(26-28(23)21-6-1-2-13-24-21)17-7-9-22(25-16-17)30-19-11-14-27(15-12-19)18-4-3-5-18;23-16-5-6-18(20-13-16)14-4-7-19(21-12-14)24-17-8-10-22(11-9-17)15-2-1-3-15;1-19-8-6-14(7-9-19)21-16-5-2-12(10-18-16)15-4-3-13(20)11-17-15;11-10-4-1-7(5-13-10)9-3-2-8(14)6-12-9;1-2;;;/h1-2,6-10,13,16,18-19H,3-5,11-12,14-15H2;4-7,12,15,17H,1-3,8-11,13H2;2-5,10,14H,6-9,11H2,1H3;1,4-5H,2-3,6H2;1H3;3*1H4. The van der Waals surface area contributed by atoms with Crippen LogP contribution in [0.2, 0.25) is 5.15 Å². The number of carbonyl (C=O) groups is 3.